The van der Waals surface area contributed by atoms with Crippen LogP contribution in [0.15, 0.2) is 24.4 Å². The second-order valence-electron chi connectivity index (χ2n) is 3.11. The normalized spacial score (nSPS) is 10.2. The van der Waals surface area contributed by atoms with Crippen molar-refractivity contribution in [2.24, 2.45) is 0 Å². The average molecular weight is 232 g/mol. The van der Waals surface area contributed by atoms with Gasteiger partial charge >= 0.3 is 0 Å². The summed E-state index contributed by atoms with van der Waals surface area (Å²) in [5, 5.41) is 8.73. The van der Waals surface area contributed by atoms with E-state index in [4.69, 9.17) is 5.26 Å². The Morgan fingerprint density at radius 2 is 2.44 bits per heavy atom. The Labute approximate surface area is 99.2 Å². The van der Waals surface area contributed by atoms with E-state index < -0.39 is 0 Å². The Bertz CT molecular complexity index is 418. The van der Waals surface area contributed by atoms with Crippen LogP contribution < -0.4 is 0 Å². The van der Waals surface area contributed by atoms with Crippen molar-refractivity contribution in [3.05, 3.63) is 35.7 Å². The van der Waals surface area contributed by atoms with Crippen molar-refractivity contribution in [2.45, 2.75) is 13.3 Å². The van der Waals surface area contributed by atoms with Gasteiger partial charge in [0.25, 0.3) is 0 Å². The molecule has 0 spiro atoms. The predicted molar refractivity (Wildman–Crippen MR) is 65.7 cm³/mol. The molecule has 0 aliphatic heterocycles. The van der Waals surface area contributed by atoms with Gasteiger partial charge in [-0.15, -0.1) is 0 Å². The minimum atomic E-state index is 0.143. The third-order valence-corrected chi connectivity index (χ3v) is 2.64. The van der Waals surface area contributed by atoms with E-state index in [0.717, 1.165) is 17.9 Å². The maximum Gasteiger partial charge on any atom is 0.185 e. The van der Waals surface area contributed by atoms with Gasteiger partial charge in [0.2, 0.25) is 0 Å². The van der Waals surface area contributed by atoms with E-state index in [1.165, 1.54) is 11.8 Å². The Hall–Kier alpha value is -1.60. The van der Waals surface area contributed by atoms with Crippen LogP contribution in [0.1, 0.15) is 24.6 Å². The molecule has 0 aromatic carbocycles. The van der Waals surface area contributed by atoms with Crippen molar-refractivity contribution in [1.29, 1.82) is 5.26 Å². The van der Waals surface area contributed by atoms with Gasteiger partial charge in [-0.25, -0.2) is 0 Å². The second-order valence-corrected chi connectivity index (χ2v) is 4.39. The minimum Gasteiger partial charge on any atom is -0.288 e. The van der Waals surface area contributed by atoms with E-state index in [9.17, 15) is 4.79 Å². The summed E-state index contributed by atoms with van der Waals surface area (Å²) in [5.74, 6) is 0.794. The molecule has 0 N–H and O–H groups in total. The highest BCUT2D eigenvalue weighted by Crippen LogP contribution is 2.06. The maximum absolute atomic E-state index is 10.6. The maximum atomic E-state index is 10.6. The first-order chi connectivity index (χ1) is 7.72. The molecule has 0 atom stereocenters. The summed E-state index contributed by atoms with van der Waals surface area (Å²) in [7, 11) is 0. The first-order valence-electron chi connectivity index (χ1n) is 4.88. The lowest BCUT2D eigenvalue weighted by atomic mass is 10.2. The number of pyridine rings is 1. The SMILES string of the molecule is CC(=O)SCCC=Cc1ccc(C#N)cn1. The number of thioether (sulfide) groups is 1. The summed E-state index contributed by atoms with van der Waals surface area (Å²) >= 11 is 1.32. The van der Waals surface area contributed by atoms with Gasteiger partial charge in [0.05, 0.1) is 11.3 Å². The molecule has 0 amide bonds. The minimum absolute atomic E-state index is 0.143. The van der Waals surface area contributed by atoms with Gasteiger partial charge in [-0.05, 0) is 24.6 Å². The van der Waals surface area contributed by atoms with Crippen LogP contribution in [0.2, 0.25) is 0 Å². The number of nitrogens with zero attached hydrogens (tertiary/aromatic N) is 2. The summed E-state index contributed by atoms with van der Waals surface area (Å²) in [6.07, 6.45) is 6.25. The molecule has 82 valence electrons. The number of carbonyl (C=O) groups is 1. The summed E-state index contributed by atoms with van der Waals surface area (Å²) in [6.45, 7) is 1.57. The fourth-order valence-corrected chi connectivity index (χ4v) is 1.59. The molecule has 0 aliphatic carbocycles. The van der Waals surface area contributed by atoms with E-state index in [1.54, 1.807) is 25.3 Å². The fraction of sp³-hybridized carbons (Fsp3) is 0.250. The van der Waals surface area contributed by atoms with Crippen molar-refractivity contribution in [1.82, 2.24) is 4.98 Å². The topological polar surface area (TPSA) is 53.8 Å². The number of allylic oxidation sites excluding steroid dienone is 1. The Morgan fingerprint density at radius 3 is 3.00 bits per heavy atom. The Balaban J connectivity index is 2.38. The van der Waals surface area contributed by atoms with Gasteiger partial charge in [0.1, 0.15) is 6.07 Å². The molecule has 0 unspecified atom stereocenters. The fourth-order valence-electron chi connectivity index (χ4n) is 1.04. The van der Waals surface area contributed by atoms with Crippen LogP contribution in [-0.2, 0) is 4.79 Å². The van der Waals surface area contributed by atoms with Gasteiger partial charge in [-0.1, -0.05) is 17.8 Å². The first kappa shape index (κ1) is 12.5. The highest BCUT2D eigenvalue weighted by Gasteiger charge is 1.92. The zero-order valence-electron chi connectivity index (χ0n) is 9.01. The Kier molecular flexibility index (Phi) is 5.30. The molecule has 0 fully saturated rings. The monoisotopic (exact) mass is 232 g/mol. The van der Waals surface area contributed by atoms with Gasteiger partial charge in [0, 0.05) is 18.9 Å². The molecule has 0 aliphatic rings. The Morgan fingerprint density at radius 1 is 1.62 bits per heavy atom. The number of rotatable bonds is 4. The molecule has 0 saturated heterocycles. The predicted octanol–water partition coefficient (Wildman–Crippen LogP) is 2.64. The van der Waals surface area contributed by atoms with Crippen molar-refractivity contribution < 1.29 is 4.79 Å². The van der Waals surface area contributed by atoms with Crippen LogP contribution in [0.5, 0.6) is 0 Å². The second kappa shape index (κ2) is 6.81. The van der Waals surface area contributed by atoms with Crippen molar-refractivity contribution in [2.75, 3.05) is 5.75 Å². The third-order valence-electron chi connectivity index (χ3n) is 1.79. The number of aromatic nitrogens is 1. The highest BCUT2D eigenvalue weighted by atomic mass is 32.2. The van der Waals surface area contributed by atoms with Crippen molar-refractivity contribution in [3.8, 4) is 6.07 Å². The standard InChI is InChI=1S/C12H12N2OS/c1-10(15)16-7-3-2-4-12-6-5-11(8-13)9-14-12/h2,4-6,9H,3,7H2,1H3. The molecule has 16 heavy (non-hydrogen) atoms. The van der Waals surface area contributed by atoms with E-state index in [0.29, 0.717) is 5.56 Å². The summed E-state index contributed by atoms with van der Waals surface area (Å²) < 4.78 is 0. The smallest absolute Gasteiger partial charge is 0.185 e. The summed E-state index contributed by atoms with van der Waals surface area (Å²) in [5.41, 5.74) is 1.39. The van der Waals surface area contributed by atoms with Crippen LogP contribution in [0, 0.1) is 11.3 Å². The third kappa shape index (κ3) is 4.76. The lowest BCUT2D eigenvalue weighted by molar-refractivity contribution is -0.109. The van der Waals surface area contributed by atoms with Crippen LogP contribution >= 0.6 is 11.8 Å². The number of nitriles is 1. The summed E-state index contributed by atoms with van der Waals surface area (Å²) in [4.78, 5) is 14.7. The molecule has 0 radical (unpaired) electrons. The van der Waals surface area contributed by atoms with Gasteiger partial charge in [-0.2, -0.15) is 5.26 Å². The quantitative estimate of drug-likeness (QED) is 0.749. The van der Waals surface area contributed by atoms with Gasteiger partial charge < -0.3 is 0 Å². The molecular weight excluding hydrogens is 220 g/mol. The lowest BCUT2D eigenvalue weighted by Gasteiger charge is -1.93. The number of hydrogen-bond donors (Lipinski definition) is 0. The van der Waals surface area contributed by atoms with Crippen molar-refractivity contribution in [3.63, 3.8) is 0 Å². The van der Waals surface area contributed by atoms with E-state index in [2.05, 4.69) is 4.98 Å². The molecular formula is C12H12N2OS. The van der Waals surface area contributed by atoms with Crippen LogP contribution in [0.25, 0.3) is 6.08 Å². The zero-order chi connectivity index (χ0) is 11.8. The molecule has 4 heteroatoms. The number of hydrogen-bond acceptors (Lipinski definition) is 4. The highest BCUT2D eigenvalue weighted by molar-refractivity contribution is 8.13. The van der Waals surface area contributed by atoms with E-state index >= 15 is 0 Å². The van der Waals surface area contributed by atoms with E-state index in [1.807, 2.05) is 18.2 Å². The lowest BCUT2D eigenvalue weighted by Crippen LogP contribution is -1.84. The molecule has 1 aromatic rings. The molecule has 1 rings (SSSR count). The van der Waals surface area contributed by atoms with Crippen LogP contribution in [0.4, 0.5) is 0 Å². The number of carbonyl (C=O) groups excluding carboxylic acids is 1. The van der Waals surface area contributed by atoms with Crippen LogP contribution in [-0.4, -0.2) is 15.9 Å². The van der Waals surface area contributed by atoms with Gasteiger partial charge in [-0.3, -0.25) is 9.78 Å². The van der Waals surface area contributed by atoms with E-state index in [-0.39, 0.29) is 5.12 Å². The van der Waals surface area contributed by atoms with Crippen LogP contribution in [0.3, 0.4) is 0 Å². The largest absolute Gasteiger partial charge is 0.288 e. The first-order valence-corrected chi connectivity index (χ1v) is 5.87. The van der Waals surface area contributed by atoms with Gasteiger partial charge in [0.15, 0.2) is 5.12 Å². The zero-order valence-corrected chi connectivity index (χ0v) is 9.83. The molecule has 3 nitrogen and oxygen atoms in total. The van der Waals surface area contributed by atoms with Crippen molar-refractivity contribution >= 4 is 23.0 Å². The molecule has 1 heterocycles. The molecule has 0 saturated carbocycles. The average Bonchev–Trinajstić information content (AvgIpc) is 2.29. The molecule has 0 bridgehead atoms. The molecule has 1 aromatic heterocycles. The summed E-state index contributed by atoms with van der Waals surface area (Å²) in [6, 6.07) is 5.55.